The van der Waals surface area contributed by atoms with Crippen LogP contribution in [-0.2, 0) is 5.88 Å². The molecule has 0 aliphatic heterocycles. The molecule has 1 rings (SSSR count). The fourth-order valence-electron chi connectivity index (χ4n) is 0.616. The molecular weight excluding hydrogens is 275 g/mol. The van der Waals surface area contributed by atoms with Gasteiger partial charge in [-0.2, -0.15) is 0 Å². The molecule has 0 aliphatic carbocycles. The van der Waals surface area contributed by atoms with Crippen molar-refractivity contribution in [3.05, 3.63) is 10.2 Å². The summed E-state index contributed by atoms with van der Waals surface area (Å²) in [5, 5.41) is 3.53. The smallest absolute Gasteiger partial charge is 0.386 e. The van der Waals surface area contributed by atoms with Gasteiger partial charge in [0.2, 0.25) is 0 Å². The third-order valence-electron chi connectivity index (χ3n) is 1.34. The van der Waals surface area contributed by atoms with Crippen molar-refractivity contribution in [3.8, 4) is 5.88 Å². The normalized spacial score (nSPS) is 10.0. The zero-order chi connectivity index (χ0) is 10.7. The molecule has 0 aromatic carbocycles. The Kier molecular flexibility index (Phi) is 3.77. The van der Waals surface area contributed by atoms with E-state index in [9.17, 15) is 4.79 Å². The summed E-state index contributed by atoms with van der Waals surface area (Å²) in [4.78, 5) is 12.4. The summed E-state index contributed by atoms with van der Waals surface area (Å²) in [6.07, 6.45) is -0.528. The number of halogens is 2. The van der Waals surface area contributed by atoms with E-state index in [2.05, 4.69) is 21.1 Å². The van der Waals surface area contributed by atoms with Gasteiger partial charge in [-0.1, -0.05) is 0 Å². The number of hydrogen-bond acceptors (Lipinski definition) is 4. The zero-order valence-corrected chi connectivity index (χ0v) is 9.92. The second kappa shape index (κ2) is 4.65. The summed E-state index contributed by atoms with van der Waals surface area (Å²) in [6, 6.07) is 0. The molecular formula is C7H8BrClN2O3. The first-order chi connectivity index (χ1) is 6.56. The molecule has 0 saturated carbocycles. The monoisotopic (exact) mass is 282 g/mol. The minimum absolute atomic E-state index is 0.0827. The molecule has 0 saturated heterocycles. The molecule has 0 radical (unpaired) electrons. The number of rotatable bonds is 2. The van der Waals surface area contributed by atoms with Crippen LogP contribution in [0.15, 0.2) is 9.00 Å². The SMILES string of the molecule is CN(C)C(=O)Oc1noc(CCl)c1Br. The number of ether oxygens (including phenoxy) is 1. The van der Waals surface area contributed by atoms with Crippen LogP contribution >= 0.6 is 27.5 Å². The van der Waals surface area contributed by atoms with Crippen LogP contribution in [0.4, 0.5) is 4.79 Å². The number of nitrogens with zero attached hydrogens (tertiary/aromatic N) is 2. The van der Waals surface area contributed by atoms with Gasteiger partial charge in [-0.25, -0.2) is 4.79 Å². The first-order valence-electron chi connectivity index (χ1n) is 3.65. The van der Waals surface area contributed by atoms with Gasteiger partial charge >= 0.3 is 6.09 Å². The fourth-order valence-corrected chi connectivity index (χ4v) is 1.33. The van der Waals surface area contributed by atoms with Crippen LogP contribution in [0.3, 0.4) is 0 Å². The lowest BCUT2D eigenvalue weighted by Crippen LogP contribution is -2.25. The van der Waals surface area contributed by atoms with Crippen molar-refractivity contribution in [2.45, 2.75) is 5.88 Å². The lowest BCUT2D eigenvalue weighted by Gasteiger charge is -2.07. The Bertz CT molecular complexity index is 340. The molecule has 1 heterocycles. The predicted octanol–water partition coefficient (Wildman–Crippen LogP) is 2.24. The van der Waals surface area contributed by atoms with E-state index in [0.717, 1.165) is 0 Å². The van der Waals surface area contributed by atoms with E-state index in [1.54, 1.807) is 14.1 Å². The molecule has 1 aromatic heterocycles. The van der Waals surface area contributed by atoms with Crippen LogP contribution in [0, 0.1) is 0 Å². The van der Waals surface area contributed by atoms with Crippen molar-refractivity contribution < 1.29 is 14.1 Å². The van der Waals surface area contributed by atoms with Gasteiger partial charge < -0.3 is 14.2 Å². The Labute approximate surface area is 94.1 Å². The fraction of sp³-hybridized carbons (Fsp3) is 0.429. The quantitative estimate of drug-likeness (QED) is 0.781. The van der Waals surface area contributed by atoms with Gasteiger partial charge in [-0.3, -0.25) is 0 Å². The van der Waals surface area contributed by atoms with Gasteiger partial charge in [0.05, 0.1) is 5.88 Å². The van der Waals surface area contributed by atoms with Crippen molar-refractivity contribution in [1.82, 2.24) is 10.1 Å². The Morgan fingerprint density at radius 1 is 1.71 bits per heavy atom. The van der Waals surface area contributed by atoms with Gasteiger partial charge in [0, 0.05) is 14.1 Å². The average molecular weight is 284 g/mol. The van der Waals surface area contributed by atoms with Crippen LogP contribution in [0.25, 0.3) is 0 Å². The number of amides is 1. The van der Waals surface area contributed by atoms with Crippen LogP contribution in [0.2, 0.25) is 0 Å². The Balaban J connectivity index is 2.77. The Hall–Kier alpha value is -0.750. The van der Waals surface area contributed by atoms with E-state index in [1.807, 2.05) is 0 Å². The second-order valence-electron chi connectivity index (χ2n) is 2.62. The first-order valence-corrected chi connectivity index (χ1v) is 4.98. The maximum atomic E-state index is 11.1. The molecule has 7 heteroatoms. The van der Waals surface area contributed by atoms with Gasteiger partial charge in [0.25, 0.3) is 5.88 Å². The molecule has 14 heavy (non-hydrogen) atoms. The van der Waals surface area contributed by atoms with Gasteiger partial charge in [0.1, 0.15) is 4.47 Å². The van der Waals surface area contributed by atoms with E-state index in [4.69, 9.17) is 20.9 Å². The minimum atomic E-state index is -0.528. The lowest BCUT2D eigenvalue weighted by molar-refractivity contribution is 0.167. The largest absolute Gasteiger partial charge is 0.416 e. The van der Waals surface area contributed by atoms with E-state index in [0.29, 0.717) is 10.2 Å². The topological polar surface area (TPSA) is 55.6 Å². The molecule has 0 spiro atoms. The van der Waals surface area contributed by atoms with E-state index in [1.165, 1.54) is 4.90 Å². The second-order valence-corrected chi connectivity index (χ2v) is 3.68. The molecule has 78 valence electrons. The third-order valence-corrected chi connectivity index (χ3v) is 2.37. The van der Waals surface area contributed by atoms with Crippen molar-refractivity contribution in [2.24, 2.45) is 0 Å². The number of hydrogen-bond donors (Lipinski definition) is 0. The molecule has 0 fully saturated rings. The molecule has 1 amide bonds. The van der Waals surface area contributed by atoms with Crippen molar-refractivity contribution in [2.75, 3.05) is 14.1 Å². The number of aromatic nitrogens is 1. The summed E-state index contributed by atoms with van der Waals surface area (Å²) >= 11 is 8.68. The highest BCUT2D eigenvalue weighted by molar-refractivity contribution is 9.10. The Morgan fingerprint density at radius 3 is 2.79 bits per heavy atom. The van der Waals surface area contributed by atoms with Crippen LogP contribution in [0.1, 0.15) is 5.76 Å². The average Bonchev–Trinajstić information content (AvgIpc) is 2.47. The third kappa shape index (κ3) is 2.39. The molecule has 1 aromatic rings. The number of carbonyl (C=O) groups is 1. The van der Waals surface area contributed by atoms with E-state index in [-0.39, 0.29) is 11.8 Å². The number of carbonyl (C=O) groups excluding carboxylic acids is 1. The summed E-state index contributed by atoms with van der Waals surface area (Å²) < 4.78 is 10.1. The molecule has 5 nitrogen and oxygen atoms in total. The summed E-state index contributed by atoms with van der Waals surface area (Å²) in [5.74, 6) is 0.667. The van der Waals surface area contributed by atoms with Gasteiger partial charge in [-0.05, 0) is 21.1 Å². The summed E-state index contributed by atoms with van der Waals surface area (Å²) in [6.45, 7) is 0. The summed E-state index contributed by atoms with van der Waals surface area (Å²) in [5.41, 5.74) is 0. The maximum absolute atomic E-state index is 11.1. The molecule has 0 bridgehead atoms. The van der Waals surface area contributed by atoms with Crippen molar-refractivity contribution in [1.29, 1.82) is 0 Å². The standard InChI is InChI=1S/C7H8BrClN2O3/c1-11(2)7(12)13-6-5(8)4(3-9)14-10-6/h3H2,1-2H3. The molecule has 0 N–H and O–H groups in total. The van der Waals surface area contributed by atoms with Crippen molar-refractivity contribution in [3.63, 3.8) is 0 Å². The molecule has 0 atom stereocenters. The van der Waals surface area contributed by atoms with Gasteiger partial charge in [0.15, 0.2) is 5.76 Å². The Morgan fingerprint density at radius 2 is 2.36 bits per heavy atom. The lowest BCUT2D eigenvalue weighted by atomic mass is 10.5. The zero-order valence-electron chi connectivity index (χ0n) is 7.58. The van der Waals surface area contributed by atoms with Gasteiger partial charge in [-0.15, -0.1) is 11.6 Å². The molecule has 0 unspecified atom stereocenters. The highest BCUT2D eigenvalue weighted by Crippen LogP contribution is 2.29. The van der Waals surface area contributed by atoms with E-state index >= 15 is 0 Å². The minimum Gasteiger partial charge on any atom is -0.386 e. The highest BCUT2D eigenvalue weighted by atomic mass is 79.9. The molecule has 0 aliphatic rings. The van der Waals surface area contributed by atoms with Crippen LogP contribution in [-0.4, -0.2) is 30.2 Å². The summed E-state index contributed by atoms with van der Waals surface area (Å²) in [7, 11) is 3.14. The maximum Gasteiger partial charge on any atom is 0.416 e. The van der Waals surface area contributed by atoms with Crippen molar-refractivity contribution >= 4 is 33.6 Å². The highest BCUT2D eigenvalue weighted by Gasteiger charge is 2.17. The predicted molar refractivity (Wildman–Crippen MR) is 53.5 cm³/mol. The first kappa shape index (κ1) is 11.3. The van der Waals surface area contributed by atoms with E-state index < -0.39 is 6.09 Å². The van der Waals surface area contributed by atoms with Crippen LogP contribution < -0.4 is 4.74 Å². The van der Waals surface area contributed by atoms with Crippen LogP contribution in [0.5, 0.6) is 5.88 Å². The number of alkyl halides is 1.